The first-order chi connectivity index (χ1) is 6.36. The predicted octanol–water partition coefficient (Wildman–Crippen LogP) is 3.52. The summed E-state index contributed by atoms with van der Waals surface area (Å²) in [7, 11) is 0. The number of hydrogen-bond donors (Lipinski definition) is 0. The molecule has 1 heterocycles. The Bertz CT molecular complexity index is 260. The first-order valence-electron chi connectivity index (χ1n) is 4.62. The van der Waals surface area contributed by atoms with Crippen LogP contribution < -0.4 is 0 Å². The van der Waals surface area contributed by atoms with Gasteiger partial charge in [-0.25, -0.2) is 0 Å². The molecule has 1 unspecified atom stereocenters. The lowest BCUT2D eigenvalue weighted by atomic mass is 10.1. The third-order valence-electron chi connectivity index (χ3n) is 2.27. The third-order valence-corrected chi connectivity index (χ3v) is 5.08. The Hall–Kier alpha value is -0.0800. The highest BCUT2D eigenvalue weighted by Gasteiger charge is 2.15. The molecule has 1 aliphatic rings. The summed E-state index contributed by atoms with van der Waals surface area (Å²) in [5, 5.41) is 0.736. The monoisotopic (exact) mass is 210 g/mol. The smallest absolute Gasteiger partial charge is 0.0388 e. The SMILES string of the molecule is Cc1ccc(C2CSCCS2)cc1. The van der Waals surface area contributed by atoms with Crippen LogP contribution in [-0.2, 0) is 0 Å². The summed E-state index contributed by atoms with van der Waals surface area (Å²) in [5.74, 6) is 3.92. The van der Waals surface area contributed by atoms with Gasteiger partial charge in [-0.2, -0.15) is 23.5 Å². The molecule has 2 rings (SSSR count). The van der Waals surface area contributed by atoms with E-state index >= 15 is 0 Å². The largest absolute Gasteiger partial charge is 0.160 e. The Morgan fingerprint density at radius 3 is 2.54 bits per heavy atom. The summed E-state index contributed by atoms with van der Waals surface area (Å²) in [5.41, 5.74) is 2.86. The zero-order chi connectivity index (χ0) is 9.10. The maximum atomic E-state index is 2.28. The summed E-state index contributed by atoms with van der Waals surface area (Å²) in [4.78, 5) is 0. The highest BCUT2D eigenvalue weighted by atomic mass is 32.2. The second-order valence-corrected chi connectivity index (χ2v) is 5.81. The lowest BCUT2D eigenvalue weighted by molar-refractivity contribution is 1.10. The van der Waals surface area contributed by atoms with Crippen LogP contribution >= 0.6 is 23.5 Å². The molecule has 1 fully saturated rings. The van der Waals surface area contributed by atoms with Gasteiger partial charge in [0, 0.05) is 22.5 Å². The van der Waals surface area contributed by atoms with Gasteiger partial charge in [-0.3, -0.25) is 0 Å². The van der Waals surface area contributed by atoms with Gasteiger partial charge in [0.05, 0.1) is 0 Å². The first kappa shape index (κ1) is 9.47. The molecule has 1 aromatic carbocycles. The molecule has 0 bridgehead atoms. The highest BCUT2D eigenvalue weighted by Crippen LogP contribution is 2.36. The molecule has 0 radical (unpaired) electrons. The van der Waals surface area contributed by atoms with E-state index in [1.165, 1.54) is 28.4 Å². The molecule has 0 nitrogen and oxygen atoms in total. The molecule has 0 aromatic heterocycles. The fraction of sp³-hybridized carbons (Fsp3) is 0.455. The minimum Gasteiger partial charge on any atom is -0.160 e. The Kier molecular flexibility index (Phi) is 3.23. The molecule has 0 N–H and O–H groups in total. The molecule has 0 saturated carbocycles. The number of benzene rings is 1. The molecule has 1 aliphatic heterocycles. The van der Waals surface area contributed by atoms with Crippen LogP contribution in [0, 0.1) is 6.92 Å². The van der Waals surface area contributed by atoms with Crippen molar-refractivity contribution in [2.75, 3.05) is 17.3 Å². The second kappa shape index (κ2) is 4.43. The standard InChI is InChI=1S/C11H14S2/c1-9-2-4-10(5-3-9)11-8-12-6-7-13-11/h2-5,11H,6-8H2,1H3. The minimum absolute atomic E-state index is 0.736. The zero-order valence-electron chi connectivity index (χ0n) is 7.82. The van der Waals surface area contributed by atoms with E-state index in [9.17, 15) is 0 Å². The first-order valence-corrected chi connectivity index (χ1v) is 6.82. The van der Waals surface area contributed by atoms with E-state index in [0.29, 0.717) is 0 Å². The van der Waals surface area contributed by atoms with E-state index in [-0.39, 0.29) is 0 Å². The van der Waals surface area contributed by atoms with Crippen molar-refractivity contribution in [3.8, 4) is 0 Å². The van der Waals surface area contributed by atoms with Gasteiger partial charge in [0.2, 0.25) is 0 Å². The van der Waals surface area contributed by atoms with Crippen molar-refractivity contribution in [1.82, 2.24) is 0 Å². The van der Waals surface area contributed by atoms with Gasteiger partial charge in [0.15, 0.2) is 0 Å². The van der Waals surface area contributed by atoms with Gasteiger partial charge in [0.1, 0.15) is 0 Å². The predicted molar refractivity (Wildman–Crippen MR) is 63.7 cm³/mol. The van der Waals surface area contributed by atoms with Crippen LogP contribution in [0.2, 0.25) is 0 Å². The normalized spacial score (nSPS) is 23.0. The van der Waals surface area contributed by atoms with E-state index in [0.717, 1.165) is 5.25 Å². The molecule has 0 spiro atoms. The van der Waals surface area contributed by atoms with Crippen LogP contribution in [0.15, 0.2) is 24.3 Å². The Labute approximate surface area is 88.5 Å². The van der Waals surface area contributed by atoms with Crippen molar-refractivity contribution in [2.45, 2.75) is 12.2 Å². The van der Waals surface area contributed by atoms with Crippen molar-refractivity contribution < 1.29 is 0 Å². The average Bonchev–Trinajstić information content (AvgIpc) is 2.20. The van der Waals surface area contributed by atoms with Crippen LogP contribution in [0.3, 0.4) is 0 Å². The minimum atomic E-state index is 0.736. The van der Waals surface area contributed by atoms with Crippen LogP contribution in [0.1, 0.15) is 16.4 Å². The number of hydrogen-bond acceptors (Lipinski definition) is 2. The lowest BCUT2D eigenvalue weighted by Gasteiger charge is -2.21. The van der Waals surface area contributed by atoms with Crippen molar-refractivity contribution in [3.05, 3.63) is 35.4 Å². The van der Waals surface area contributed by atoms with E-state index < -0.39 is 0 Å². The maximum absolute atomic E-state index is 2.28. The van der Waals surface area contributed by atoms with Gasteiger partial charge >= 0.3 is 0 Å². The van der Waals surface area contributed by atoms with Crippen molar-refractivity contribution >= 4 is 23.5 Å². The number of aryl methyl sites for hydroxylation is 1. The third kappa shape index (κ3) is 2.44. The topological polar surface area (TPSA) is 0 Å². The van der Waals surface area contributed by atoms with Crippen LogP contribution in [-0.4, -0.2) is 17.3 Å². The molecule has 70 valence electrons. The molecule has 13 heavy (non-hydrogen) atoms. The molecule has 1 atom stereocenters. The summed E-state index contributed by atoms with van der Waals surface area (Å²) in [6, 6.07) is 8.99. The van der Waals surface area contributed by atoms with Gasteiger partial charge in [-0.1, -0.05) is 29.8 Å². The molecule has 1 saturated heterocycles. The molecule has 2 heteroatoms. The number of thioether (sulfide) groups is 2. The van der Waals surface area contributed by atoms with E-state index in [1.54, 1.807) is 0 Å². The van der Waals surface area contributed by atoms with Gasteiger partial charge in [-0.05, 0) is 12.5 Å². The van der Waals surface area contributed by atoms with Crippen LogP contribution in [0.25, 0.3) is 0 Å². The highest BCUT2D eigenvalue weighted by molar-refractivity contribution is 8.06. The van der Waals surface area contributed by atoms with Crippen LogP contribution in [0.4, 0.5) is 0 Å². The summed E-state index contributed by atoms with van der Waals surface area (Å²) < 4.78 is 0. The van der Waals surface area contributed by atoms with E-state index in [1.807, 2.05) is 0 Å². The van der Waals surface area contributed by atoms with Crippen molar-refractivity contribution in [1.29, 1.82) is 0 Å². The fourth-order valence-corrected chi connectivity index (χ4v) is 4.20. The zero-order valence-corrected chi connectivity index (χ0v) is 9.46. The molecule has 0 aliphatic carbocycles. The van der Waals surface area contributed by atoms with Crippen molar-refractivity contribution in [3.63, 3.8) is 0 Å². The summed E-state index contributed by atoms with van der Waals surface area (Å²) in [6.45, 7) is 2.15. The average molecular weight is 210 g/mol. The second-order valence-electron chi connectivity index (χ2n) is 3.35. The Morgan fingerprint density at radius 2 is 1.92 bits per heavy atom. The Balaban J connectivity index is 2.10. The quantitative estimate of drug-likeness (QED) is 0.695. The van der Waals surface area contributed by atoms with Gasteiger partial charge in [0.25, 0.3) is 0 Å². The molecular formula is C11H14S2. The molecule has 0 amide bonds. The number of rotatable bonds is 1. The van der Waals surface area contributed by atoms with Gasteiger partial charge < -0.3 is 0 Å². The van der Waals surface area contributed by atoms with E-state index in [4.69, 9.17) is 0 Å². The molecular weight excluding hydrogens is 196 g/mol. The fourth-order valence-electron chi connectivity index (χ4n) is 1.46. The lowest BCUT2D eigenvalue weighted by Crippen LogP contribution is -2.06. The maximum Gasteiger partial charge on any atom is 0.0388 e. The van der Waals surface area contributed by atoms with Crippen LogP contribution in [0.5, 0.6) is 0 Å². The van der Waals surface area contributed by atoms with Gasteiger partial charge in [-0.15, -0.1) is 0 Å². The molecule has 1 aromatic rings. The van der Waals surface area contributed by atoms with Crippen molar-refractivity contribution in [2.24, 2.45) is 0 Å². The summed E-state index contributed by atoms with van der Waals surface area (Å²) in [6.07, 6.45) is 0. The Morgan fingerprint density at radius 1 is 1.15 bits per heavy atom. The van der Waals surface area contributed by atoms with E-state index in [2.05, 4.69) is 54.7 Å². The summed E-state index contributed by atoms with van der Waals surface area (Å²) >= 11 is 4.18.